The highest BCUT2D eigenvalue weighted by molar-refractivity contribution is 6.08. The molecule has 0 radical (unpaired) electrons. The predicted molar refractivity (Wildman–Crippen MR) is 124 cm³/mol. The van der Waals surface area contributed by atoms with Gasteiger partial charge in [0.15, 0.2) is 11.3 Å². The van der Waals surface area contributed by atoms with Gasteiger partial charge in [0, 0.05) is 32.1 Å². The molecule has 1 aliphatic heterocycles. The first-order valence-corrected chi connectivity index (χ1v) is 11.9. The summed E-state index contributed by atoms with van der Waals surface area (Å²) in [7, 11) is 0. The largest absolute Gasteiger partial charge is 0.396 e. The van der Waals surface area contributed by atoms with Crippen molar-refractivity contribution in [1.29, 1.82) is 0 Å². The number of aromatic nitrogens is 5. The first-order chi connectivity index (χ1) is 16.9. The van der Waals surface area contributed by atoms with Gasteiger partial charge in [0.1, 0.15) is 11.4 Å². The van der Waals surface area contributed by atoms with Crippen LogP contribution in [0, 0.1) is 5.92 Å². The minimum Gasteiger partial charge on any atom is -0.396 e. The number of carbonyl (C=O) groups is 1. The molecule has 0 spiro atoms. The number of aliphatic hydroxyl groups excluding tert-OH is 1. The molecule has 4 heterocycles. The van der Waals surface area contributed by atoms with Gasteiger partial charge in [0.25, 0.3) is 12.3 Å². The summed E-state index contributed by atoms with van der Waals surface area (Å²) in [5, 5.41) is 20.2. The molecule has 35 heavy (non-hydrogen) atoms. The smallest absolute Gasteiger partial charge is 0.284 e. The van der Waals surface area contributed by atoms with Gasteiger partial charge in [-0.25, -0.2) is 18.3 Å². The van der Waals surface area contributed by atoms with Crippen molar-refractivity contribution in [2.24, 2.45) is 5.92 Å². The fourth-order valence-corrected chi connectivity index (χ4v) is 4.85. The van der Waals surface area contributed by atoms with Gasteiger partial charge in [-0.15, -0.1) is 0 Å². The second kappa shape index (κ2) is 9.86. The van der Waals surface area contributed by atoms with Crippen molar-refractivity contribution >= 4 is 23.1 Å². The SMILES string of the molecule is CC1CN(c2ccn3ncc(C(=O)Nc4cn(C5CCC(CO)CC5)nc4C(F)F)c3n2)CCO1. The second-order valence-electron chi connectivity index (χ2n) is 9.26. The lowest BCUT2D eigenvalue weighted by atomic mass is 9.87. The van der Waals surface area contributed by atoms with Gasteiger partial charge in [-0.05, 0) is 44.6 Å². The number of aliphatic hydroxyl groups is 1. The summed E-state index contributed by atoms with van der Waals surface area (Å²) < 4.78 is 36.1. The number of nitrogens with one attached hydrogen (secondary N) is 1. The van der Waals surface area contributed by atoms with Gasteiger partial charge in [-0.1, -0.05) is 0 Å². The van der Waals surface area contributed by atoms with Crippen molar-refractivity contribution in [3.63, 3.8) is 0 Å². The highest BCUT2D eigenvalue weighted by Gasteiger charge is 2.27. The maximum Gasteiger partial charge on any atom is 0.284 e. The molecule has 1 atom stereocenters. The van der Waals surface area contributed by atoms with Crippen LogP contribution in [0.25, 0.3) is 5.65 Å². The second-order valence-corrected chi connectivity index (χ2v) is 9.26. The molecule has 1 aliphatic carbocycles. The monoisotopic (exact) mass is 489 g/mol. The summed E-state index contributed by atoms with van der Waals surface area (Å²) in [5.74, 6) is 0.358. The van der Waals surface area contributed by atoms with Gasteiger partial charge in [-0.2, -0.15) is 10.2 Å². The van der Waals surface area contributed by atoms with E-state index in [2.05, 4.69) is 25.4 Å². The molecule has 0 bridgehead atoms. The number of alkyl halides is 2. The van der Waals surface area contributed by atoms with Gasteiger partial charge in [-0.3, -0.25) is 9.48 Å². The Morgan fingerprint density at radius 3 is 2.83 bits per heavy atom. The van der Waals surface area contributed by atoms with Crippen LogP contribution >= 0.6 is 0 Å². The topological polar surface area (TPSA) is 110 Å². The average molecular weight is 490 g/mol. The summed E-state index contributed by atoms with van der Waals surface area (Å²) in [6.45, 7) is 4.07. The number of hydrogen-bond donors (Lipinski definition) is 2. The third kappa shape index (κ3) is 4.85. The molecular weight excluding hydrogens is 460 g/mol. The number of nitrogens with zero attached hydrogens (tertiary/aromatic N) is 6. The van der Waals surface area contributed by atoms with E-state index in [9.17, 15) is 18.7 Å². The van der Waals surface area contributed by atoms with Gasteiger partial charge >= 0.3 is 0 Å². The van der Waals surface area contributed by atoms with Crippen LogP contribution in [0.4, 0.5) is 20.3 Å². The summed E-state index contributed by atoms with van der Waals surface area (Å²) in [6, 6.07) is 1.78. The van der Waals surface area contributed by atoms with Crippen LogP contribution in [0.1, 0.15) is 61.1 Å². The maximum absolute atomic E-state index is 13.8. The first kappa shape index (κ1) is 23.6. The Morgan fingerprint density at radius 2 is 2.11 bits per heavy atom. The minimum atomic E-state index is -2.84. The molecule has 3 aromatic heterocycles. The Hall–Kier alpha value is -3.12. The number of amides is 1. The third-order valence-electron chi connectivity index (χ3n) is 6.83. The zero-order chi connectivity index (χ0) is 24.5. The minimum absolute atomic E-state index is 0.0215. The van der Waals surface area contributed by atoms with Crippen molar-refractivity contribution in [2.75, 3.05) is 36.5 Å². The van der Waals surface area contributed by atoms with E-state index in [1.807, 2.05) is 13.0 Å². The molecule has 2 fully saturated rings. The Kier molecular flexibility index (Phi) is 6.65. The summed E-state index contributed by atoms with van der Waals surface area (Å²) in [6.07, 6.45) is 4.91. The molecule has 0 aromatic carbocycles. The van der Waals surface area contributed by atoms with E-state index >= 15 is 0 Å². The number of rotatable bonds is 6. The molecule has 12 heteroatoms. The van der Waals surface area contributed by atoms with E-state index in [0.29, 0.717) is 31.2 Å². The maximum atomic E-state index is 13.8. The van der Waals surface area contributed by atoms with Crippen LogP contribution in [0.3, 0.4) is 0 Å². The highest BCUT2D eigenvalue weighted by Crippen LogP contribution is 2.34. The third-order valence-corrected chi connectivity index (χ3v) is 6.83. The van der Waals surface area contributed by atoms with E-state index in [1.54, 1.807) is 6.20 Å². The number of hydrogen-bond acceptors (Lipinski definition) is 7. The molecule has 1 saturated carbocycles. The molecule has 5 rings (SSSR count). The van der Waals surface area contributed by atoms with Crippen LogP contribution in [0.2, 0.25) is 0 Å². The number of ether oxygens (including phenoxy) is 1. The molecule has 2 N–H and O–H groups in total. The first-order valence-electron chi connectivity index (χ1n) is 11.9. The van der Waals surface area contributed by atoms with Crippen LogP contribution < -0.4 is 10.2 Å². The average Bonchev–Trinajstić information content (AvgIpc) is 3.48. The number of carbonyl (C=O) groups excluding carboxylic acids is 1. The predicted octanol–water partition coefficient (Wildman–Crippen LogP) is 3.06. The van der Waals surface area contributed by atoms with Crippen LogP contribution in [0.15, 0.2) is 24.7 Å². The lowest BCUT2D eigenvalue weighted by molar-refractivity contribution is 0.0529. The Bertz CT molecular complexity index is 1190. The van der Waals surface area contributed by atoms with Crippen LogP contribution in [-0.2, 0) is 4.74 Å². The van der Waals surface area contributed by atoms with E-state index in [1.165, 1.54) is 21.6 Å². The number of anilines is 2. The molecule has 188 valence electrons. The van der Waals surface area contributed by atoms with Crippen molar-refractivity contribution in [3.05, 3.63) is 35.9 Å². The molecular formula is C23H29F2N7O3. The lowest BCUT2D eigenvalue weighted by Gasteiger charge is -2.31. The van der Waals surface area contributed by atoms with Gasteiger partial charge < -0.3 is 20.1 Å². The quantitative estimate of drug-likeness (QED) is 0.548. The van der Waals surface area contributed by atoms with Crippen LogP contribution in [-0.4, -0.2) is 67.8 Å². The fraction of sp³-hybridized carbons (Fsp3) is 0.565. The lowest BCUT2D eigenvalue weighted by Crippen LogP contribution is -2.41. The number of morpholine rings is 1. The summed E-state index contributed by atoms with van der Waals surface area (Å²) in [5.41, 5.74) is 0.0406. The molecule has 1 unspecified atom stereocenters. The van der Waals surface area contributed by atoms with E-state index in [0.717, 1.165) is 25.7 Å². The fourth-order valence-electron chi connectivity index (χ4n) is 4.85. The van der Waals surface area contributed by atoms with Crippen LogP contribution in [0.5, 0.6) is 0 Å². The number of halogens is 2. The molecule has 2 aliphatic rings. The van der Waals surface area contributed by atoms with E-state index in [-0.39, 0.29) is 35.9 Å². The zero-order valence-corrected chi connectivity index (χ0v) is 19.5. The van der Waals surface area contributed by atoms with Crippen molar-refractivity contribution in [3.8, 4) is 0 Å². The van der Waals surface area contributed by atoms with E-state index < -0.39 is 18.0 Å². The standard InChI is InChI=1S/C23H29F2N7O3/c1-14-11-30(8-9-35-14)19-6-7-31-22(28-19)17(10-26-31)23(34)27-18-12-32(29-20(18)21(24)25)16-4-2-15(13-33)3-5-16/h6-7,10,12,14-16,21,33H,2-5,8-9,11,13H2,1H3,(H,27,34). The summed E-state index contributed by atoms with van der Waals surface area (Å²) >= 11 is 0. The molecule has 10 nitrogen and oxygen atoms in total. The van der Waals surface area contributed by atoms with Gasteiger partial charge in [0.05, 0.1) is 30.6 Å². The van der Waals surface area contributed by atoms with Crippen molar-refractivity contribution < 1.29 is 23.4 Å². The Labute approximate surface area is 200 Å². The van der Waals surface area contributed by atoms with Crippen molar-refractivity contribution in [1.82, 2.24) is 24.4 Å². The van der Waals surface area contributed by atoms with Gasteiger partial charge in [0.2, 0.25) is 0 Å². The molecule has 1 saturated heterocycles. The van der Waals surface area contributed by atoms with Crippen molar-refractivity contribution in [2.45, 2.75) is 51.2 Å². The molecule has 3 aromatic rings. The highest BCUT2D eigenvalue weighted by atomic mass is 19.3. The molecule has 1 amide bonds. The Morgan fingerprint density at radius 1 is 1.31 bits per heavy atom. The Balaban J connectivity index is 1.38. The van der Waals surface area contributed by atoms with E-state index in [4.69, 9.17) is 4.74 Å². The number of fused-ring (bicyclic) bond motifs is 1. The zero-order valence-electron chi connectivity index (χ0n) is 19.5. The summed E-state index contributed by atoms with van der Waals surface area (Å²) in [4.78, 5) is 19.8. The normalized spacial score (nSPS) is 23.2.